The van der Waals surface area contributed by atoms with E-state index in [9.17, 15) is 14.3 Å². The molecule has 3 heterocycles. The first-order valence-corrected chi connectivity index (χ1v) is 12.5. The number of aryl methyl sites for hydroxylation is 1. The van der Waals surface area contributed by atoms with Crippen molar-refractivity contribution in [2.24, 2.45) is 5.41 Å². The number of rotatable bonds is 8. The number of carboxylic acids is 1. The van der Waals surface area contributed by atoms with Crippen molar-refractivity contribution in [2.45, 2.75) is 46.5 Å². The van der Waals surface area contributed by atoms with Gasteiger partial charge in [-0.1, -0.05) is 37.6 Å². The largest absolute Gasteiger partial charge is 0.481 e. The van der Waals surface area contributed by atoms with E-state index in [1.807, 2.05) is 6.92 Å². The number of halogens is 2. The number of aromatic nitrogens is 2. The summed E-state index contributed by atoms with van der Waals surface area (Å²) in [5.74, 6) is -0.851. The Balaban J connectivity index is 1.61. The van der Waals surface area contributed by atoms with Crippen LogP contribution >= 0.6 is 11.6 Å². The summed E-state index contributed by atoms with van der Waals surface area (Å²) in [6, 6.07) is 8.07. The predicted octanol–water partition coefficient (Wildman–Crippen LogP) is 6.12. The zero-order valence-electron chi connectivity index (χ0n) is 20.9. The summed E-state index contributed by atoms with van der Waals surface area (Å²) in [5, 5.41) is 9.96. The number of benzene rings is 1. The molecule has 8 heteroatoms. The molecule has 1 fully saturated rings. The summed E-state index contributed by atoms with van der Waals surface area (Å²) >= 11 is 6.55. The molecule has 1 aliphatic rings. The van der Waals surface area contributed by atoms with Crippen molar-refractivity contribution in [3.63, 3.8) is 0 Å². The van der Waals surface area contributed by atoms with E-state index in [-0.39, 0.29) is 17.7 Å². The zero-order chi connectivity index (χ0) is 25.9. The Morgan fingerprint density at radius 1 is 1.17 bits per heavy atom. The Hall–Kier alpha value is -3.19. The fraction of sp³-hybridized carbons (Fsp3) is 0.393. The number of nitrogens with zero attached hydrogens (tertiary/aromatic N) is 3. The summed E-state index contributed by atoms with van der Waals surface area (Å²) in [7, 11) is 0. The normalized spacial score (nSPS) is 15.1. The van der Waals surface area contributed by atoms with Gasteiger partial charge in [-0.2, -0.15) is 0 Å². The molecule has 2 aromatic heterocycles. The molecule has 36 heavy (non-hydrogen) atoms. The van der Waals surface area contributed by atoms with E-state index in [0.29, 0.717) is 29.6 Å². The number of carbonyl (C=O) groups is 1. The Kier molecular flexibility index (Phi) is 7.79. The van der Waals surface area contributed by atoms with Crippen LogP contribution in [0.3, 0.4) is 0 Å². The van der Waals surface area contributed by atoms with Gasteiger partial charge in [0, 0.05) is 54.3 Å². The monoisotopic (exact) mass is 511 g/mol. The second-order valence-electron chi connectivity index (χ2n) is 10.0. The van der Waals surface area contributed by atoms with Crippen LogP contribution in [0.5, 0.6) is 5.88 Å². The molecule has 0 aliphatic carbocycles. The van der Waals surface area contributed by atoms with Crippen LogP contribution in [0, 0.1) is 18.2 Å². The van der Waals surface area contributed by atoms with Crippen molar-refractivity contribution in [2.75, 3.05) is 24.6 Å². The minimum Gasteiger partial charge on any atom is -0.481 e. The lowest BCUT2D eigenvalue weighted by molar-refractivity contribution is -0.136. The number of carboxylic acid groups (broad SMARTS) is 1. The number of hydrogen-bond donors (Lipinski definition) is 1. The molecule has 6 nitrogen and oxygen atoms in total. The fourth-order valence-corrected chi connectivity index (χ4v) is 4.72. The molecule has 3 aromatic rings. The Morgan fingerprint density at radius 2 is 1.86 bits per heavy atom. The third kappa shape index (κ3) is 6.13. The van der Waals surface area contributed by atoms with Gasteiger partial charge in [-0.3, -0.25) is 9.78 Å². The Morgan fingerprint density at radius 3 is 2.50 bits per heavy atom. The van der Waals surface area contributed by atoms with Crippen molar-refractivity contribution in [1.29, 1.82) is 0 Å². The third-order valence-electron chi connectivity index (χ3n) is 6.79. The quantitative estimate of drug-likeness (QED) is 0.392. The summed E-state index contributed by atoms with van der Waals surface area (Å²) in [6.45, 7) is 8.40. The van der Waals surface area contributed by atoms with Gasteiger partial charge in [-0.25, -0.2) is 9.37 Å². The molecular formula is C28H31ClFN3O3. The summed E-state index contributed by atoms with van der Waals surface area (Å²) in [5.41, 5.74) is 5.09. The third-order valence-corrected chi connectivity index (χ3v) is 7.06. The van der Waals surface area contributed by atoms with Crippen molar-refractivity contribution >= 4 is 23.3 Å². The molecule has 0 saturated carbocycles. The van der Waals surface area contributed by atoms with Gasteiger partial charge >= 0.3 is 5.97 Å². The maximum absolute atomic E-state index is 13.1. The Bertz CT molecular complexity index is 1240. The highest BCUT2D eigenvalue weighted by Crippen LogP contribution is 2.40. The van der Waals surface area contributed by atoms with Gasteiger partial charge in [0.2, 0.25) is 5.88 Å². The number of anilines is 1. The molecule has 1 aromatic carbocycles. The molecule has 1 N–H and O–H groups in total. The zero-order valence-corrected chi connectivity index (χ0v) is 21.6. The first kappa shape index (κ1) is 25.9. The van der Waals surface area contributed by atoms with E-state index in [1.165, 1.54) is 12.1 Å². The molecule has 1 aliphatic heterocycles. The smallest absolute Gasteiger partial charge is 0.307 e. The number of piperidine rings is 1. The van der Waals surface area contributed by atoms with E-state index in [4.69, 9.17) is 16.3 Å². The second kappa shape index (κ2) is 10.8. The maximum Gasteiger partial charge on any atom is 0.307 e. The van der Waals surface area contributed by atoms with E-state index in [1.54, 1.807) is 30.6 Å². The van der Waals surface area contributed by atoms with Gasteiger partial charge in [0.25, 0.3) is 0 Å². The molecular weight excluding hydrogens is 481 g/mol. The molecule has 0 bridgehead atoms. The van der Waals surface area contributed by atoms with Gasteiger partial charge in [0.15, 0.2) is 0 Å². The number of hydrogen-bond acceptors (Lipinski definition) is 5. The molecule has 0 radical (unpaired) electrons. The molecule has 0 unspecified atom stereocenters. The maximum atomic E-state index is 13.1. The topological polar surface area (TPSA) is 75.6 Å². The van der Waals surface area contributed by atoms with Crippen molar-refractivity contribution < 1.29 is 19.0 Å². The van der Waals surface area contributed by atoms with E-state index < -0.39 is 5.97 Å². The van der Waals surface area contributed by atoms with E-state index >= 15 is 0 Å². The molecule has 1 saturated heterocycles. The van der Waals surface area contributed by atoms with E-state index in [2.05, 4.69) is 28.7 Å². The Labute approximate surface area is 216 Å². The van der Waals surface area contributed by atoms with Gasteiger partial charge in [-0.05, 0) is 48.9 Å². The molecule has 0 amide bonds. The highest BCUT2D eigenvalue weighted by Gasteiger charge is 2.29. The lowest BCUT2D eigenvalue weighted by Gasteiger charge is -2.40. The second-order valence-corrected chi connectivity index (χ2v) is 10.4. The van der Waals surface area contributed by atoms with Crippen LogP contribution in [0.25, 0.3) is 11.1 Å². The average molecular weight is 512 g/mol. The SMILES string of the molecule is Cc1ncc(-c2cnc(OCCc3ccc(F)cc3)c(Cl)c2)c(N2CCC(C)(C)CC2)c1CC(=O)O. The number of pyridine rings is 2. The van der Waals surface area contributed by atoms with Crippen LogP contribution in [0.1, 0.15) is 43.5 Å². The van der Waals surface area contributed by atoms with Crippen LogP contribution in [0.2, 0.25) is 5.02 Å². The van der Waals surface area contributed by atoms with Crippen LogP contribution in [0.4, 0.5) is 10.1 Å². The minimum absolute atomic E-state index is 0.104. The van der Waals surface area contributed by atoms with Crippen LogP contribution in [-0.4, -0.2) is 40.7 Å². The fourth-order valence-electron chi connectivity index (χ4n) is 4.50. The number of aliphatic carboxylic acids is 1. The van der Waals surface area contributed by atoms with Crippen LogP contribution in [-0.2, 0) is 17.6 Å². The van der Waals surface area contributed by atoms with Crippen LogP contribution in [0.15, 0.2) is 42.7 Å². The van der Waals surface area contributed by atoms with Crippen molar-refractivity contribution in [3.05, 3.63) is 70.4 Å². The lowest BCUT2D eigenvalue weighted by atomic mass is 9.82. The van der Waals surface area contributed by atoms with Gasteiger partial charge in [-0.15, -0.1) is 0 Å². The summed E-state index contributed by atoms with van der Waals surface area (Å²) in [4.78, 5) is 22.9. The van der Waals surface area contributed by atoms with E-state index in [0.717, 1.165) is 53.9 Å². The standard InChI is InChI=1S/C28H31ClFN3O3/c1-18-22(15-25(34)35)26(33-11-9-28(2,3)10-12-33)23(17-31-18)20-14-24(29)27(32-16-20)36-13-8-19-4-6-21(30)7-5-19/h4-7,14,16-17H,8-13,15H2,1-3H3,(H,34,35). The summed E-state index contributed by atoms with van der Waals surface area (Å²) < 4.78 is 18.9. The number of ether oxygens (including phenoxy) is 1. The first-order valence-electron chi connectivity index (χ1n) is 12.1. The van der Waals surface area contributed by atoms with Crippen LogP contribution < -0.4 is 9.64 Å². The average Bonchev–Trinajstić information content (AvgIpc) is 2.82. The van der Waals surface area contributed by atoms with Gasteiger partial charge < -0.3 is 14.7 Å². The molecule has 190 valence electrons. The molecule has 4 rings (SSSR count). The molecule has 0 atom stereocenters. The first-order chi connectivity index (χ1) is 17.1. The van der Waals surface area contributed by atoms with Gasteiger partial charge in [0.1, 0.15) is 10.8 Å². The molecule has 0 spiro atoms. The van der Waals surface area contributed by atoms with Crippen molar-refractivity contribution in [1.82, 2.24) is 9.97 Å². The van der Waals surface area contributed by atoms with Crippen molar-refractivity contribution in [3.8, 4) is 17.0 Å². The minimum atomic E-state index is -0.892. The summed E-state index contributed by atoms with van der Waals surface area (Å²) in [6.07, 6.45) is 5.98. The van der Waals surface area contributed by atoms with Gasteiger partial charge in [0.05, 0.1) is 18.7 Å². The highest BCUT2D eigenvalue weighted by molar-refractivity contribution is 6.32. The predicted molar refractivity (Wildman–Crippen MR) is 139 cm³/mol. The highest BCUT2D eigenvalue weighted by atomic mass is 35.5. The lowest BCUT2D eigenvalue weighted by Crippen LogP contribution is -2.38.